The average Bonchev–Trinajstić information content (AvgIpc) is 2.81. The van der Waals surface area contributed by atoms with Crippen LogP contribution in [0.15, 0.2) is 24.3 Å². The van der Waals surface area contributed by atoms with Crippen molar-refractivity contribution in [2.45, 2.75) is 25.0 Å². The van der Waals surface area contributed by atoms with Crippen LogP contribution >= 0.6 is 0 Å². The second kappa shape index (κ2) is 5.16. The van der Waals surface area contributed by atoms with Gasteiger partial charge in [0.1, 0.15) is 11.9 Å². The number of nitrogens with one attached hydrogen (secondary N) is 1. The zero-order valence-electron chi connectivity index (χ0n) is 9.43. The molecule has 0 saturated carbocycles. The van der Waals surface area contributed by atoms with E-state index in [1.807, 2.05) is 0 Å². The molecular weight excluding hydrogens is 220 g/mol. The van der Waals surface area contributed by atoms with Crippen molar-refractivity contribution in [1.29, 1.82) is 0 Å². The number of hydrogen-bond donors (Lipinski definition) is 3. The fourth-order valence-corrected chi connectivity index (χ4v) is 1.86. The Morgan fingerprint density at radius 2 is 2.24 bits per heavy atom. The summed E-state index contributed by atoms with van der Waals surface area (Å²) in [6.45, 7) is 0.431. The van der Waals surface area contributed by atoms with Gasteiger partial charge in [0.15, 0.2) is 0 Å². The minimum atomic E-state index is -0.469. The summed E-state index contributed by atoms with van der Waals surface area (Å²) in [6, 6.07) is 6.60. The van der Waals surface area contributed by atoms with Crippen molar-refractivity contribution in [2.75, 3.05) is 11.9 Å². The van der Waals surface area contributed by atoms with Crippen LogP contribution in [0.2, 0.25) is 0 Å². The molecule has 1 fully saturated rings. The van der Waals surface area contributed by atoms with E-state index < -0.39 is 6.10 Å². The van der Waals surface area contributed by atoms with Gasteiger partial charge in [0, 0.05) is 6.54 Å². The van der Waals surface area contributed by atoms with E-state index in [2.05, 4.69) is 5.32 Å². The normalized spacial score (nSPS) is 23.6. The first kappa shape index (κ1) is 11.9. The van der Waals surface area contributed by atoms with E-state index >= 15 is 0 Å². The number of hydrogen-bond acceptors (Lipinski definition) is 4. The van der Waals surface area contributed by atoms with Gasteiger partial charge in [-0.15, -0.1) is 0 Å². The minimum absolute atomic E-state index is 0.0323. The number of nitrogens with two attached hydrogens (primary N) is 1. The van der Waals surface area contributed by atoms with Crippen molar-refractivity contribution in [1.82, 2.24) is 0 Å². The summed E-state index contributed by atoms with van der Waals surface area (Å²) in [5.74, 6) is -0.184. The Labute approximate surface area is 99.6 Å². The van der Waals surface area contributed by atoms with E-state index in [1.165, 1.54) is 6.07 Å². The number of benzene rings is 1. The summed E-state index contributed by atoms with van der Waals surface area (Å²) in [4.78, 5) is 11.8. The van der Waals surface area contributed by atoms with Gasteiger partial charge in [-0.1, -0.05) is 12.1 Å². The van der Waals surface area contributed by atoms with Gasteiger partial charge in [0.05, 0.1) is 11.8 Å². The molecular formula is C12H16N2O3. The van der Waals surface area contributed by atoms with Gasteiger partial charge >= 0.3 is 0 Å². The van der Waals surface area contributed by atoms with E-state index in [4.69, 9.17) is 10.5 Å². The first-order chi connectivity index (χ1) is 8.20. The van der Waals surface area contributed by atoms with Crippen LogP contribution in [0.3, 0.4) is 0 Å². The maximum absolute atomic E-state index is 11.8. The Bertz CT molecular complexity index is 408. The maximum atomic E-state index is 11.8. The van der Waals surface area contributed by atoms with Gasteiger partial charge in [-0.3, -0.25) is 4.79 Å². The number of ether oxygens (including phenoxy) is 1. The highest BCUT2D eigenvalue weighted by atomic mass is 16.5. The van der Waals surface area contributed by atoms with E-state index in [1.54, 1.807) is 18.2 Å². The van der Waals surface area contributed by atoms with Crippen molar-refractivity contribution < 1.29 is 14.6 Å². The molecule has 1 aliphatic heterocycles. The van der Waals surface area contributed by atoms with Crippen LogP contribution in [0.1, 0.15) is 12.8 Å². The zero-order valence-corrected chi connectivity index (χ0v) is 9.43. The lowest BCUT2D eigenvalue weighted by Crippen LogP contribution is -2.29. The highest BCUT2D eigenvalue weighted by molar-refractivity contribution is 5.95. The van der Waals surface area contributed by atoms with Crippen LogP contribution in [-0.2, 0) is 9.53 Å². The van der Waals surface area contributed by atoms with Gasteiger partial charge in [-0.2, -0.15) is 0 Å². The van der Waals surface area contributed by atoms with Crippen molar-refractivity contribution in [3.63, 3.8) is 0 Å². The fraction of sp³-hybridized carbons (Fsp3) is 0.417. The number of phenols is 1. The van der Waals surface area contributed by atoms with Gasteiger partial charge in [-0.25, -0.2) is 0 Å². The largest absolute Gasteiger partial charge is 0.506 e. The molecule has 1 aliphatic rings. The smallest absolute Gasteiger partial charge is 0.253 e. The van der Waals surface area contributed by atoms with Crippen LogP contribution < -0.4 is 11.1 Å². The van der Waals surface area contributed by atoms with Crippen LogP contribution in [-0.4, -0.2) is 29.8 Å². The topological polar surface area (TPSA) is 84.6 Å². The van der Waals surface area contributed by atoms with E-state index in [9.17, 15) is 9.90 Å². The molecule has 92 valence electrons. The van der Waals surface area contributed by atoms with E-state index in [-0.39, 0.29) is 17.8 Å². The molecule has 4 N–H and O–H groups in total. The van der Waals surface area contributed by atoms with Crippen molar-refractivity contribution in [3.8, 4) is 5.75 Å². The Kier molecular flexibility index (Phi) is 3.61. The predicted octanol–water partition coefficient (Wildman–Crippen LogP) is 0.837. The molecule has 1 heterocycles. The van der Waals surface area contributed by atoms with Crippen LogP contribution in [0, 0.1) is 0 Å². The third-order valence-electron chi connectivity index (χ3n) is 2.82. The number of para-hydroxylation sites is 2. The maximum Gasteiger partial charge on any atom is 0.253 e. The lowest BCUT2D eigenvalue weighted by molar-refractivity contribution is -0.126. The summed E-state index contributed by atoms with van der Waals surface area (Å²) in [5.41, 5.74) is 5.88. The van der Waals surface area contributed by atoms with E-state index in [0.29, 0.717) is 18.7 Å². The first-order valence-corrected chi connectivity index (χ1v) is 5.65. The van der Waals surface area contributed by atoms with Gasteiger partial charge in [0.25, 0.3) is 5.91 Å². The Balaban J connectivity index is 1.96. The van der Waals surface area contributed by atoms with Gasteiger partial charge < -0.3 is 20.9 Å². The number of phenolic OH excluding ortho intramolecular Hbond substituents is 1. The molecule has 1 aromatic carbocycles. The van der Waals surface area contributed by atoms with Crippen LogP contribution in [0.25, 0.3) is 0 Å². The first-order valence-electron chi connectivity index (χ1n) is 5.65. The van der Waals surface area contributed by atoms with Crippen molar-refractivity contribution in [3.05, 3.63) is 24.3 Å². The van der Waals surface area contributed by atoms with Crippen LogP contribution in [0.5, 0.6) is 5.75 Å². The number of carbonyl (C=O) groups is 1. The molecule has 1 saturated heterocycles. The summed E-state index contributed by atoms with van der Waals surface area (Å²) < 4.78 is 5.47. The number of anilines is 1. The standard InChI is InChI=1S/C12H16N2O3/c13-7-8-5-6-11(17-8)12(16)14-9-3-1-2-4-10(9)15/h1-4,8,11,15H,5-7,13H2,(H,14,16)/t8-,11+/m1/s1. The minimum Gasteiger partial charge on any atom is -0.506 e. The number of amides is 1. The lowest BCUT2D eigenvalue weighted by Gasteiger charge is -2.13. The van der Waals surface area contributed by atoms with Crippen molar-refractivity contribution in [2.24, 2.45) is 5.73 Å². The number of aromatic hydroxyl groups is 1. The molecule has 0 aromatic heterocycles. The highest BCUT2D eigenvalue weighted by Gasteiger charge is 2.30. The lowest BCUT2D eigenvalue weighted by atomic mass is 10.2. The molecule has 5 nitrogen and oxygen atoms in total. The molecule has 0 radical (unpaired) electrons. The zero-order chi connectivity index (χ0) is 12.3. The highest BCUT2D eigenvalue weighted by Crippen LogP contribution is 2.24. The van der Waals surface area contributed by atoms with Gasteiger partial charge in [0.2, 0.25) is 0 Å². The molecule has 1 aromatic rings. The molecule has 0 aliphatic carbocycles. The second-order valence-corrected chi connectivity index (χ2v) is 4.07. The molecule has 2 atom stereocenters. The van der Waals surface area contributed by atoms with Gasteiger partial charge in [-0.05, 0) is 25.0 Å². The SMILES string of the molecule is NC[C@H]1CC[C@@H](C(=O)Nc2ccccc2O)O1. The second-order valence-electron chi connectivity index (χ2n) is 4.07. The Hall–Kier alpha value is -1.59. The number of carbonyl (C=O) groups excluding carboxylic acids is 1. The molecule has 5 heteroatoms. The Morgan fingerprint density at radius 1 is 1.47 bits per heavy atom. The third-order valence-corrected chi connectivity index (χ3v) is 2.82. The molecule has 17 heavy (non-hydrogen) atoms. The predicted molar refractivity (Wildman–Crippen MR) is 63.7 cm³/mol. The molecule has 0 bridgehead atoms. The quantitative estimate of drug-likeness (QED) is 0.679. The molecule has 0 spiro atoms. The monoisotopic (exact) mass is 236 g/mol. The van der Waals surface area contributed by atoms with E-state index in [0.717, 1.165) is 6.42 Å². The molecule has 2 rings (SSSR count). The summed E-state index contributed by atoms with van der Waals surface area (Å²) >= 11 is 0. The fourth-order valence-electron chi connectivity index (χ4n) is 1.86. The summed E-state index contributed by atoms with van der Waals surface area (Å²) in [5, 5.41) is 12.2. The average molecular weight is 236 g/mol. The number of rotatable bonds is 3. The summed E-state index contributed by atoms with van der Waals surface area (Å²) in [6.07, 6.45) is 0.967. The van der Waals surface area contributed by atoms with Crippen LogP contribution in [0.4, 0.5) is 5.69 Å². The Morgan fingerprint density at radius 3 is 2.88 bits per heavy atom. The molecule has 0 unspecified atom stereocenters. The van der Waals surface area contributed by atoms with Crippen molar-refractivity contribution >= 4 is 11.6 Å². The third kappa shape index (κ3) is 2.75. The summed E-state index contributed by atoms with van der Waals surface area (Å²) in [7, 11) is 0. The molecule has 1 amide bonds.